The van der Waals surface area contributed by atoms with Crippen molar-refractivity contribution in [2.45, 2.75) is 26.3 Å². The van der Waals surface area contributed by atoms with E-state index >= 15 is 0 Å². The Kier molecular flexibility index (Phi) is 6.66. The van der Waals surface area contributed by atoms with Crippen molar-refractivity contribution >= 4 is 0 Å². The van der Waals surface area contributed by atoms with E-state index in [1.165, 1.54) is 0 Å². The Labute approximate surface area is 139 Å². The maximum Gasteiger partial charge on any atom is 0.108 e. The van der Waals surface area contributed by atoms with E-state index in [1.54, 1.807) is 9.36 Å². The molecule has 0 aliphatic carbocycles. The van der Waals surface area contributed by atoms with Gasteiger partial charge in [-0.2, -0.15) is 0 Å². The van der Waals surface area contributed by atoms with Crippen LogP contribution in [0.1, 0.15) is 11.4 Å². The van der Waals surface area contributed by atoms with Crippen LogP contribution in [-0.4, -0.2) is 69.6 Å². The second-order valence-corrected chi connectivity index (χ2v) is 5.28. The summed E-state index contributed by atoms with van der Waals surface area (Å²) < 4.78 is 25.5. The third-order valence-corrected chi connectivity index (χ3v) is 3.35. The first-order chi connectivity index (χ1) is 11.9. The van der Waals surface area contributed by atoms with Gasteiger partial charge in [-0.15, -0.1) is 10.2 Å². The zero-order chi connectivity index (χ0) is 16.5. The topological polar surface area (TPSA) is 98.3 Å². The van der Waals surface area contributed by atoms with Crippen LogP contribution in [0.5, 0.6) is 0 Å². The van der Waals surface area contributed by atoms with Gasteiger partial charge in [-0.25, -0.2) is 9.36 Å². The number of hydrogen-bond acceptors (Lipinski definition) is 8. The summed E-state index contributed by atoms with van der Waals surface area (Å²) in [6.07, 6.45) is 3.72. The van der Waals surface area contributed by atoms with Gasteiger partial charge in [-0.3, -0.25) is 0 Å². The molecule has 0 N–H and O–H groups in total. The molecule has 2 aromatic rings. The van der Waals surface area contributed by atoms with Gasteiger partial charge >= 0.3 is 0 Å². The van der Waals surface area contributed by atoms with Crippen molar-refractivity contribution in [2.75, 3.05) is 39.6 Å². The lowest BCUT2D eigenvalue weighted by Gasteiger charge is -2.05. The largest absolute Gasteiger partial charge is 0.378 e. The molecule has 1 aliphatic rings. The van der Waals surface area contributed by atoms with E-state index < -0.39 is 0 Å². The highest BCUT2D eigenvalue weighted by Crippen LogP contribution is 1.99. The minimum Gasteiger partial charge on any atom is -0.378 e. The van der Waals surface area contributed by atoms with E-state index in [0.717, 1.165) is 11.4 Å². The highest BCUT2D eigenvalue weighted by molar-refractivity contribution is 4.90. The van der Waals surface area contributed by atoms with Crippen LogP contribution in [0.2, 0.25) is 0 Å². The Morgan fingerprint density at radius 3 is 1.62 bits per heavy atom. The van der Waals surface area contributed by atoms with E-state index in [-0.39, 0.29) is 0 Å². The average molecular weight is 338 g/mol. The van der Waals surface area contributed by atoms with Crippen molar-refractivity contribution in [1.29, 1.82) is 0 Å². The number of rotatable bonds is 0. The summed E-state index contributed by atoms with van der Waals surface area (Å²) >= 11 is 0. The number of aromatic nitrogens is 6. The van der Waals surface area contributed by atoms with Crippen molar-refractivity contribution in [3.05, 3.63) is 23.8 Å². The Bertz CT molecular complexity index is 551. The van der Waals surface area contributed by atoms with Gasteiger partial charge in [0.1, 0.15) is 11.4 Å². The number of fused-ring (bicyclic) bond motifs is 4. The predicted octanol–water partition coefficient (Wildman–Crippen LogP) is -0.350. The smallest absolute Gasteiger partial charge is 0.108 e. The van der Waals surface area contributed by atoms with Gasteiger partial charge in [-0.1, -0.05) is 10.4 Å². The fraction of sp³-hybridized carbons (Fsp3) is 0.714. The minimum absolute atomic E-state index is 0.423. The zero-order valence-corrected chi connectivity index (χ0v) is 13.5. The molecule has 0 spiro atoms. The summed E-state index contributed by atoms with van der Waals surface area (Å²) in [5.41, 5.74) is 1.59. The molecule has 0 unspecified atom stereocenters. The van der Waals surface area contributed by atoms with Crippen LogP contribution in [0.3, 0.4) is 0 Å². The molecule has 3 heterocycles. The Morgan fingerprint density at radius 1 is 0.625 bits per heavy atom. The molecule has 24 heavy (non-hydrogen) atoms. The number of hydrogen-bond donors (Lipinski definition) is 0. The summed E-state index contributed by atoms with van der Waals surface area (Å²) in [7, 11) is 0. The first-order valence-corrected chi connectivity index (χ1v) is 7.99. The van der Waals surface area contributed by atoms with Crippen molar-refractivity contribution in [3.63, 3.8) is 0 Å². The lowest BCUT2D eigenvalue weighted by atomic mass is 10.5. The van der Waals surface area contributed by atoms with Crippen LogP contribution >= 0.6 is 0 Å². The maximum absolute atomic E-state index is 5.59. The van der Waals surface area contributed by atoms with Crippen LogP contribution in [0, 0.1) is 0 Å². The predicted molar refractivity (Wildman–Crippen MR) is 81.0 cm³/mol. The molecule has 0 saturated carbocycles. The highest BCUT2D eigenvalue weighted by Gasteiger charge is 2.04. The summed E-state index contributed by atoms with van der Waals surface area (Å²) in [5.74, 6) is 0. The van der Waals surface area contributed by atoms with Gasteiger partial charge in [0, 0.05) is 0 Å². The second-order valence-electron chi connectivity index (χ2n) is 5.28. The van der Waals surface area contributed by atoms with E-state index in [4.69, 9.17) is 18.9 Å². The van der Waals surface area contributed by atoms with Crippen LogP contribution in [0.15, 0.2) is 12.4 Å². The first-order valence-electron chi connectivity index (χ1n) is 7.99. The summed E-state index contributed by atoms with van der Waals surface area (Å²) in [6, 6.07) is 0. The fourth-order valence-electron chi connectivity index (χ4n) is 2.14. The van der Waals surface area contributed by atoms with Gasteiger partial charge in [0.05, 0.1) is 78.3 Å². The quantitative estimate of drug-likeness (QED) is 0.643. The maximum atomic E-state index is 5.59. The molecule has 2 aromatic heterocycles. The summed E-state index contributed by atoms with van der Waals surface area (Å²) in [4.78, 5) is 0. The molecular weight excluding hydrogens is 316 g/mol. The minimum atomic E-state index is 0.423. The zero-order valence-electron chi connectivity index (χ0n) is 13.5. The van der Waals surface area contributed by atoms with Gasteiger partial charge in [-0.05, 0) is 0 Å². The highest BCUT2D eigenvalue weighted by atomic mass is 16.5. The number of ether oxygens (including phenoxy) is 4. The Morgan fingerprint density at radius 2 is 1.08 bits per heavy atom. The molecule has 0 atom stereocenters. The van der Waals surface area contributed by atoms with Crippen molar-refractivity contribution in [2.24, 2.45) is 0 Å². The molecule has 0 aromatic carbocycles. The lowest BCUT2D eigenvalue weighted by molar-refractivity contribution is 0.00598. The van der Waals surface area contributed by atoms with Gasteiger partial charge < -0.3 is 18.9 Å². The molecule has 0 fully saturated rings. The third kappa shape index (κ3) is 5.64. The number of nitrogens with zero attached hydrogens (tertiary/aromatic N) is 6. The second kappa shape index (κ2) is 9.42. The van der Waals surface area contributed by atoms with E-state index in [1.807, 2.05) is 12.4 Å². The molecule has 10 nitrogen and oxygen atoms in total. The summed E-state index contributed by atoms with van der Waals surface area (Å²) in [5, 5.41) is 16.2. The molecular formula is C14H22N6O4. The molecule has 4 bridgehead atoms. The molecule has 3 rings (SSSR count). The normalized spacial score (nSPS) is 19.0. The van der Waals surface area contributed by atoms with Crippen LogP contribution in [-0.2, 0) is 45.3 Å². The standard InChI is InChI=1S/C14H22N6O4/c1-3-21-4-2-20-10-14(16-18-20)12-24-8-6-22-5-7-23-11-13-9-19(1)17-15-13/h9-10H,1-8,11-12H2. The molecule has 0 amide bonds. The van der Waals surface area contributed by atoms with Crippen LogP contribution in [0.25, 0.3) is 0 Å². The fourth-order valence-corrected chi connectivity index (χ4v) is 2.14. The van der Waals surface area contributed by atoms with E-state index in [2.05, 4.69) is 20.6 Å². The molecule has 10 heteroatoms. The molecule has 0 saturated heterocycles. The monoisotopic (exact) mass is 338 g/mol. The van der Waals surface area contributed by atoms with E-state index in [0.29, 0.717) is 65.9 Å². The molecule has 132 valence electrons. The van der Waals surface area contributed by atoms with Gasteiger partial charge in [0.15, 0.2) is 0 Å². The first kappa shape index (κ1) is 17.0. The van der Waals surface area contributed by atoms with Crippen LogP contribution < -0.4 is 0 Å². The van der Waals surface area contributed by atoms with Gasteiger partial charge in [0.2, 0.25) is 0 Å². The average Bonchev–Trinajstić information content (AvgIpc) is 3.22. The van der Waals surface area contributed by atoms with Crippen LogP contribution in [0.4, 0.5) is 0 Å². The lowest BCUT2D eigenvalue weighted by Crippen LogP contribution is -2.11. The Balaban J connectivity index is 1.49. The SMILES string of the molecule is c1c2nnn1CCOCCn1cc(nn1)COCCOCCOC2. The van der Waals surface area contributed by atoms with E-state index in [9.17, 15) is 0 Å². The van der Waals surface area contributed by atoms with Crippen molar-refractivity contribution in [3.8, 4) is 0 Å². The van der Waals surface area contributed by atoms with Crippen molar-refractivity contribution in [1.82, 2.24) is 30.0 Å². The summed E-state index contributed by atoms with van der Waals surface area (Å²) in [6.45, 7) is 5.29. The molecule has 0 radical (unpaired) electrons. The third-order valence-electron chi connectivity index (χ3n) is 3.35. The Hall–Kier alpha value is -1.88. The van der Waals surface area contributed by atoms with Gasteiger partial charge in [0.25, 0.3) is 0 Å². The molecule has 1 aliphatic heterocycles. The van der Waals surface area contributed by atoms with Crippen molar-refractivity contribution < 1.29 is 18.9 Å².